The fourth-order valence-electron chi connectivity index (χ4n) is 2.77. The standard InChI is InChI=1S/C21H23N3O2S/c1-14-5-4-6-17(11-14)26-12-16(25)13-27-21-23-19-8-3-2-7-18(19)20(24-21)22-15-9-10-15/h2-8,11,15-16,25H,9-10,12-13H2,1H3,(H,22,23,24). The molecule has 0 amide bonds. The van der Waals surface area contributed by atoms with Crippen molar-refractivity contribution in [2.45, 2.75) is 37.1 Å². The molecule has 1 aliphatic carbocycles. The number of aromatic nitrogens is 2. The number of thioether (sulfide) groups is 1. The minimum Gasteiger partial charge on any atom is -0.491 e. The number of anilines is 1. The quantitative estimate of drug-likeness (QED) is 0.453. The minimum absolute atomic E-state index is 0.247. The fourth-order valence-corrected chi connectivity index (χ4v) is 3.52. The fraction of sp³-hybridized carbons (Fsp3) is 0.333. The molecule has 140 valence electrons. The van der Waals surface area contributed by atoms with E-state index in [0.29, 0.717) is 17.0 Å². The molecule has 1 heterocycles. The van der Waals surface area contributed by atoms with Crippen LogP contribution in [-0.4, -0.2) is 39.6 Å². The molecule has 27 heavy (non-hydrogen) atoms. The van der Waals surface area contributed by atoms with Crippen molar-refractivity contribution < 1.29 is 9.84 Å². The third kappa shape index (κ3) is 4.90. The van der Waals surface area contributed by atoms with E-state index in [1.807, 2.05) is 55.5 Å². The summed E-state index contributed by atoms with van der Waals surface area (Å²) >= 11 is 1.45. The Morgan fingerprint density at radius 2 is 2.04 bits per heavy atom. The van der Waals surface area contributed by atoms with Crippen molar-refractivity contribution in [1.29, 1.82) is 0 Å². The monoisotopic (exact) mass is 381 g/mol. The Labute approximate surface area is 163 Å². The molecule has 2 N–H and O–H groups in total. The zero-order chi connectivity index (χ0) is 18.6. The summed E-state index contributed by atoms with van der Waals surface area (Å²) in [5.74, 6) is 2.14. The van der Waals surface area contributed by atoms with Gasteiger partial charge in [-0.05, 0) is 49.6 Å². The number of para-hydroxylation sites is 1. The molecule has 0 saturated heterocycles. The van der Waals surface area contributed by atoms with Crippen molar-refractivity contribution in [1.82, 2.24) is 9.97 Å². The summed E-state index contributed by atoms with van der Waals surface area (Å²) in [6.07, 6.45) is 1.79. The molecular weight excluding hydrogens is 358 g/mol. The van der Waals surface area contributed by atoms with Gasteiger partial charge in [-0.1, -0.05) is 36.0 Å². The zero-order valence-corrected chi connectivity index (χ0v) is 16.1. The average Bonchev–Trinajstić information content (AvgIpc) is 3.49. The first-order valence-electron chi connectivity index (χ1n) is 9.21. The first-order valence-corrected chi connectivity index (χ1v) is 10.2. The van der Waals surface area contributed by atoms with E-state index in [0.717, 1.165) is 28.0 Å². The van der Waals surface area contributed by atoms with Crippen LogP contribution >= 0.6 is 11.8 Å². The first kappa shape index (κ1) is 18.1. The summed E-state index contributed by atoms with van der Waals surface area (Å²) in [6, 6.07) is 16.4. The number of nitrogens with one attached hydrogen (secondary N) is 1. The molecule has 2 aromatic carbocycles. The highest BCUT2D eigenvalue weighted by molar-refractivity contribution is 7.99. The number of nitrogens with zero attached hydrogens (tertiary/aromatic N) is 2. The van der Waals surface area contributed by atoms with E-state index in [-0.39, 0.29) is 6.61 Å². The number of fused-ring (bicyclic) bond motifs is 1. The largest absolute Gasteiger partial charge is 0.491 e. The molecular formula is C21H23N3O2S. The van der Waals surface area contributed by atoms with Gasteiger partial charge in [0.15, 0.2) is 5.16 Å². The van der Waals surface area contributed by atoms with Crippen molar-refractivity contribution in [2.75, 3.05) is 17.7 Å². The second-order valence-corrected chi connectivity index (χ2v) is 7.87. The van der Waals surface area contributed by atoms with Gasteiger partial charge in [0.05, 0.1) is 11.6 Å². The number of ether oxygens (including phenoxy) is 1. The maximum absolute atomic E-state index is 10.3. The summed E-state index contributed by atoms with van der Waals surface area (Å²) in [5, 5.41) is 15.5. The second kappa shape index (κ2) is 8.15. The van der Waals surface area contributed by atoms with Crippen molar-refractivity contribution >= 4 is 28.5 Å². The number of hydrogen-bond acceptors (Lipinski definition) is 6. The number of aryl methyl sites for hydroxylation is 1. The average molecular weight is 382 g/mol. The van der Waals surface area contributed by atoms with E-state index in [9.17, 15) is 5.11 Å². The Kier molecular flexibility index (Phi) is 5.45. The smallest absolute Gasteiger partial charge is 0.190 e. The van der Waals surface area contributed by atoms with E-state index in [1.165, 1.54) is 24.6 Å². The Morgan fingerprint density at radius 3 is 2.85 bits per heavy atom. The Bertz CT molecular complexity index is 930. The molecule has 0 aliphatic heterocycles. The number of rotatable bonds is 8. The van der Waals surface area contributed by atoms with Crippen LogP contribution in [0, 0.1) is 6.92 Å². The molecule has 0 bridgehead atoms. The molecule has 5 nitrogen and oxygen atoms in total. The van der Waals surface area contributed by atoms with Gasteiger partial charge >= 0.3 is 0 Å². The highest BCUT2D eigenvalue weighted by Gasteiger charge is 2.23. The van der Waals surface area contributed by atoms with E-state index in [2.05, 4.69) is 15.3 Å². The van der Waals surface area contributed by atoms with Crippen LogP contribution in [0.3, 0.4) is 0 Å². The summed E-state index contributed by atoms with van der Waals surface area (Å²) < 4.78 is 5.68. The lowest BCUT2D eigenvalue weighted by Gasteiger charge is -2.13. The first-order chi connectivity index (χ1) is 13.2. The van der Waals surface area contributed by atoms with Crippen LogP contribution in [0.4, 0.5) is 5.82 Å². The van der Waals surface area contributed by atoms with Crippen LogP contribution in [0.25, 0.3) is 10.9 Å². The lowest BCUT2D eigenvalue weighted by Crippen LogP contribution is -2.20. The molecule has 1 aromatic heterocycles. The van der Waals surface area contributed by atoms with Crippen molar-refractivity contribution in [2.24, 2.45) is 0 Å². The molecule has 1 aliphatic rings. The predicted molar refractivity (Wildman–Crippen MR) is 110 cm³/mol. The number of benzene rings is 2. The van der Waals surface area contributed by atoms with Crippen molar-refractivity contribution in [3.63, 3.8) is 0 Å². The van der Waals surface area contributed by atoms with E-state index in [1.54, 1.807) is 0 Å². The normalized spacial score (nSPS) is 14.9. The van der Waals surface area contributed by atoms with Crippen LogP contribution < -0.4 is 10.1 Å². The third-order valence-corrected chi connectivity index (χ3v) is 5.33. The Morgan fingerprint density at radius 1 is 1.19 bits per heavy atom. The molecule has 3 aromatic rings. The molecule has 0 radical (unpaired) electrons. The lowest BCUT2D eigenvalue weighted by molar-refractivity contribution is 0.126. The minimum atomic E-state index is -0.592. The molecule has 1 saturated carbocycles. The van der Waals surface area contributed by atoms with Gasteiger partial charge in [0.2, 0.25) is 0 Å². The van der Waals surface area contributed by atoms with Gasteiger partial charge in [0.1, 0.15) is 18.2 Å². The highest BCUT2D eigenvalue weighted by Crippen LogP contribution is 2.29. The summed E-state index contributed by atoms with van der Waals surface area (Å²) in [7, 11) is 0. The van der Waals surface area contributed by atoms with Gasteiger partial charge in [-0.3, -0.25) is 0 Å². The van der Waals surface area contributed by atoms with Crippen LogP contribution in [0.2, 0.25) is 0 Å². The van der Waals surface area contributed by atoms with Gasteiger partial charge in [-0.15, -0.1) is 0 Å². The van der Waals surface area contributed by atoms with Gasteiger partial charge in [-0.2, -0.15) is 0 Å². The molecule has 6 heteroatoms. The van der Waals surface area contributed by atoms with Crippen LogP contribution in [0.1, 0.15) is 18.4 Å². The van der Waals surface area contributed by atoms with Gasteiger partial charge in [0.25, 0.3) is 0 Å². The maximum atomic E-state index is 10.3. The van der Waals surface area contributed by atoms with E-state index in [4.69, 9.17) is 4.74 Å². The molecule has 1 atom stereocenters. The van der Waals surface area contributed by atoms with E-state index >= 15 is 0 Å². The molecule has 1 unspecified atom stereocenters. The molecule has 1 fully saturated rings. The Balaban J connectivity index is 1.39. The predicted octanol–water partition coefficient (Wildman–Crippen LogP) is 4.04. The van der Waals surface area contributed by atoms with Gasteiger partial charge in [0, 0.05) is 17.2 Å². The topological polar surface area (TPSA) is 67.3 Å². The highest BCUT2D eigenvalue weighted by atomic mass is 32.2. The van der Waals surface area contributed by atoms with Crippen LogP contribution in [0.5, 0.6) is 5.75 Å². The summed E-state index contributed by atoms with van der Waals surface area (Å²) in [4.78, 5) is 9.30. The van der Waals surface area contributed by atoms with Crippen molar-refractivity contribution in [3.8, 4) is 5.75 Å². The Hall–Kier alpha value is -2.31. The number of aliphatic hydroxyl groups excluding tert-OH is 1. The lowest BCUT2D eigenvalue weighted by atomic mass is 10.2. The third-order valence-electron chi connectivity index (χ3n) is 4.34. The van der Waals surface area contributed by atoms with Crippen LogP contribution in [0.15, 0.2) is 53.7 Å². The summed E-state index contributed by atoms with van der Waals surface area (Å²) in [5.41, 5.74) is 2.06. The second-order valence-electron chi connectivity index (χ2n) is 6.88. The van der Waals surface area contributed by atoms with Crippen molar-refractivity contribution in [3.05, 3.63) is 54.1 Å². The zero-order valence-electron chi connectivity index (χ0n) is 15.3. The SMILES string of the molecule is Cc1cccc(OCC(O)CSc2nc(NC3CC3)c3ccccc3n2)c1. The molecule has 4 rings (SSSR count). The van der Waals surface area contributed by atoms with E-state index < -0.39 is 6.10 Å². The van der Waals surface area contributed by atoms with Gasteiger partial charge < -0.3 is 15.2 Å². The maximum Gasteiger partial charge on any atom is 0.190 e. The summed E-state index contributed by atoms with van der Waals surface area (Å²) in [6.45, 7) is 2.26. The molecule has 0 spiro atoms. The number of aliphatic hydroxyl groups is 1. The number of hydrogen-bond donors (Lipinski definition) is 2. The van der Waals surface area contributed by atoms with Gasteiger partial charge in [-0.25, -0.2) is 9.97 Å². The van der Waals surface area contributed by atoms with Crippen LogP contribution in [-0.2, 0) is 0 Å².